The molecule has 0 unspecified atom stereocenters. The van der Waals surface area contributed by atoms with Crippen molar-refractivity contribution in [2.75, 3.05) is 37.0 Å². The van der Waals surface area contributed by atoms with Crippen LogP contribution in [0.3, 0.4) is 0 Å². The molecule has 0 bridgehead atoms. The van der Waals surface area contributed by atoms with Gasteiger partial charge in [0.05, 0.1) is 5.39 Å². The zero-order valence-corrected chi connectivity index (χ0v) is 16.1. The molecule has 0 radical (unpaired) electrons. The Hall–Kier alpha value is -1.40. The lowest BCUT2D eigenvalue weighted by Crippen LogP contribution is -2.49. The van der Waals surface area contributed by atoms with Crippen LogP contribution in [0.4, 0.5) is 5.82 Å². The Morgan fingerprint density at radius 3 is 2.68 bits per heavy atom. The third-order valence-corrected chi connectivity index (χ3v) is 6.52. The average molecular weight is 379 g/mol. The summed E-state index contributed by atoms with van der Waals surface area (Å²) in [7, 11) is 0. The third kappa shape index (κ3) is 3.22. The Labute approximate surface area is 157 Å². The highest BCUT2D eigenvalue weighted by molar-refractivity contribution is 7.19. The van der Waals surface area contributed by atoms with Gasteiger partial charge in [0.2, 0.25) is 5.91 Å². The van der Waals surface area contributed by atoms with Gasteiger partial charge in [0.15, 0.2) is 0 Å². The number of carbonyl (C=O) groups is 1. The van der Waals surface area contributed by atoms with E-state index in [4.69, 9.17) is 21.6 Å². The van der Waals surface area contributed by atoms with Gasteiger partial charge >= 0.3 is 0 Å². The van der Waals surface area contributed by atoms with Crippen molar-refractivity contribution in [1.82, 2.24) is 14.9 Å². The first-order valence-electron chi connectivity index (χ1n) is 9.05. The number of alkyl halides is 1. The highest BCUT2D eigenvalue weighted by Crippen LogP contribution is 2.39. The van der Waals surface area contributed by atoms with E-state index >= 15 is 0 Å². The molecular weight excluding hydrogens is 356 g/mol. The molecule has 1 amide bonds. The summed E-state index contributed by atoms with van der Waals surface area (Å²) in [5.41, 5.74) is 1.47. The molecule has 134 valence electrons. The van der Waals surface area contributed by atoms with Gasteiger partial charge in [-0.2, -0.15) is 0 Å². The molecular formula is C18H23ClN4OS. The highest BCUT2D eigenvalue weighted by Gasteiger charge is 2.26. The number of rotatable bonds is 3. The van der Waals surface area contributed by atoms with Gasteiger partial charge in [-0.3, -0.25) is 4.79 Å². The minimum Gasteiger partial charge on any atom is -0.352 e. The first-order chi connectivity index (χ1) is 12.2. The van der Waals surface area contributed by atoms with E-state index in [1.165, 1.54) is 35.1 Å². The molecule has 4 rings (SSSR count). The number of thiophene rings is 1. The number of hydrogen-bond acceptors (Lipinski definition) is 5. The number of carbonyl (C=O) groups excluding carboxylic acids is 1. The molecule has 2 aliphatic rings. The molecule has 1 aliphatic carbocycles. The molecule has 0 atom stereocenters. The van der Waals surface area contributed by atoms with E-state index in [0.717, 1.165) is 49.1 Å². The molecule has 0 N–H and O–H groups in total. The van der Waals surface area contributed by atoms with E-state index in [1.54, 1.807) is 0 Å². The normalized spacial score (nSPS) is 17.8. The first-order valence-corrected chi connectivity index (χ1v) is 10.4. The second kappa shape index (κ2) is 7.08. The molecule has 1 aliphatic heterocycles. The van der Waals surface area contributed by atoms with Crippen LogP contribution in [0.1, 0.15) is 35.5 Å². The van der Waals surface area contributed by atoms with Crippen LogP contribution in [0, 0.1) is 6.92 Å². The summed E-state index contributed by atoms with van der Waals surface area (Å²) >= 11 is 7.55. The maximum Gasteiger partial charge on any atom is 0.223 e. The van der Waals surface area contributed by atoms with Gasteiger partial charge < -0.3 is 9.80 Å². The van der Waals surface area contributed by atoms with Crippen molar-refractivity contribution < 1.29 is 4.79 Å². The standard InChI is InChI=1S/C18H23ClN4OS/c1-12-20-17(23-10-8-22(9-11-23)15(24)6-7-19)16-13-4-2-3-5-14(13)25-18(16)21-12/h2-11H2,1H3. The smallest absolute Gasteiger partial charge is 0.223 e. The van der Waals surface area contributed by atoms with Crippen molar-refractivity contribution >= 4 is 44.9 Å². The molecule has 1 fully saturated rings. The van der Waals surface area contributed by atoms with Crippen LogP contribution in [-0.4, -0.2) is 52.8 Å². The fourth-order valence-electron chi connectivity index (χ4n) is 3.88. The first kappa shape index (κ1) is 17.0. The molecule has 3 heterocycles. The summed E-state index contributed by atoms with van der Waals surface area (Å²) in [6.45, 7) is 5.11. The van der Waals surface area contributed by atoms with Gasteiger partial charge in [0.25, 0.3) is 0 Å². The Bertz CT molecular complexity index is 798. The second-order valence-corrected chi connectivity index (χ2v) is 8.25. The number of nitrogens with zero attached hydrogens (tertiary/aromatic N) is 4. The largest absolute Gasteiger partial charge is 0.352 e. The van der Waals surface area contributed by atoms with Gasteiger partial charge in [-0.05, 0) is 38.2 Å². The van der Waals surface area contributed by atoms with Crippen LogP contribution in [0.5, 0.6) is 0 Å². The Kier molecular flexibility index (Phi) is 4.82. The third-order valence-electron chi connectivity index (χ3n) is 5.15. The Balaban J connectivity index is 1.63. The van der Waals surface area contributed by atoms with E-state index in [-0.39, 0.29) is 5.91 Å². The predicted molar refractivity (Wildman–Crippen MR) is 103 cm³/mol. The fourth-order valence-corrected chi connectivity index (χ4v) is 5.34. The van der Waals surface area contributed by atoms with E-state index in [0.29, 0.717) is 12.3 Å². The summed E-state index contributed by atoms with van der Waals surface area (Å²) < 4.78 is 0. The summed E-state index contributed by atoms with van der Waals surface area (Å²) in [6, 6.07) is 0. The molecule has 2 aromatic rings. The molecule has 1 saturated heterocycles. The van der Waals surface area contributed by atoms with Crippen LogP contribution in [0.2, 0.25) is 0 Å². The van der Waals surface area contributed by atoms with Gasteiger partial charge in [0.1, 0.15) is 16.5 Å². The van der Waals surface area contributed by atoms with Gasteiger partial charge in [0, 0.05) is 43.4 Å². The van der Waals surface area contributed by atoms with Crippen molar-refractivity contribution in [2.24, 2.45) is 0 Å². The topological polar surface area (TPSA) is 49.3 Å². The van der Waals surface area contributed by atoms with Crippen molar-refractivity contribution in [3.8, 4) is 0 Å². The minimum atomic E-state index is 0.159. The number of piperazine rings is 1. The SMILES string of the molecule is Cc1nc(N2CCN(C(=O)CCCl)CC2)c2c3c(sc2n1)CCCC3. The molecule has 0 saturated carbocycles. The molecule has 0 aromatic carbocycles. The number of aryl methyl sites for hydroxylation is 3. The molecule has 7 heteroatoms. The minimum absolute atomic E-state index is 0.159. The summed E-state index contributed by atoms with van der Waals surface area (Å²) in [5.74, 6) is 2.46. The van der Waals surface area contributed by atoms with Crippen LogP contribution >= 0.6 is 22.9 Å². The summed E-state index contributed by atoms with van der Waals surface area (Å²) in [6.07, 6.45) is 5.28. The maximum atomic E-state index is 12.1. The van der Waals surface area contributed by atoms with E-state index in [1.807, 2.05) is 23.2 Å². The molecule has 0 spiro atoms. The lowest BCUT2D eigenvalue weighted by Gasteiger charge is -2.36. The van der Waals surface area contributed by atoms with E-state index in [9.17, 15) is 4.79 Å². The Morgan fingerprint density at radius 2 is 1.92 bits per heavy atom. The van der Waals surface area contributed by atoms with Crippen LogP contribution in [0.15, 0.2) is 0 Å². The fraction of sp³-hybridized carbons (Fsp3) is 0.611. The highest BCUT2D eigenvalue weighted by atomic mass is 35.5. The summed E-state index contributed by atoms with van der Waals surface area (Å²) in [5, 5.41) is 1.27. The molecule has 5 nitrogen and oxygen atoms in total. The number of hydrogen-bond donors (Lipinski definition) is 0. The number of fused-ring (bicyclic) bond motifs is 3. The quantitative estimate of drug-likeness (QED) is 0.770. The van der Waals surface area contributed by atoms with Crippen LogP contribution in [-0.2, 0) is 17.6 Å². The van der Waals surface area contributed by atoms with Gasteiger partial charge in [-0.15, -0.1) is 22.9 Å². The molecule has 2 aromatic heterocycles. The molecule has 25 heavy (non-hydrogen) atoms. The van der Waals surface area contributed by atoms with E-state index < -0.39 is 0 Å². The van der Waals surface area contributed by atoms with E-state index in [2.05, 4.69) is 4.90 Å². The van der Waals surface area contributed by atoms with Gasteiger partial charge in [-0.1, -0.05) is 0 Å². The average Bonchev–Trinajstić information content (AvgIpc) is 2.99. The second-order valence-electron chi connectivity index (χ2n) is 6.79. The Morgan fingerprint density at radius 1 is 1.16 bits per heavy atom. The maximum absolute atomic E-state index is 12.1. The van der Waals surface area contributed by atoms with Crippen molar-refractivity contribution in [1.29, 1.82) is 0 Å². The van der Waals surface area contributed by atoms with Crippen molar-refractivity contribution in [2.45, 2.75) is 39.0 Å². The lowest BCUT2D eigenvalue weighted by atomic mass is 9.97. The number of amides is 1. The van der Waals surface area contributed by atoms with Crippen LogP contribution in [0.25, 0.3) is 10.2 Å². The predicted octanol–water partition coefficient (Wildman–Crippen LogP) is 3.16. The van der Waals surface area contributed by atoms with Crippen molar-refractivity contribution in [3.63, 3.8) is 0 Å². The monoisotopic (exact) mass is 378 g/mol. The van der Waals surface area contributed by atoms with Crippen molar-refractivity contribution in [3.05, 3.63) is 16.3 Å². The zero-order chi connectivity index (χ0) is 17.4. The zero-order valence-electron chi connectivity index (χ0n) is 14.6. The number of halogens is 1. The number of anilines is 1. The number of aromatic nitrogens is 2. The van der Waals surface area contributed by atoms with Crippen LogP contribution < -0.4 is 4.90 Å². The summed E-state index contributed by atoms with van der Waals surface area (Å²) in [4.78, 5) is 28.5. The van der Waals surface area contributed by atoms with Gasteiger partial charge in [-0.25, -0.2) is 9.97 Å². The lowest BCUT2D eigenvalue weighted by molar-refractivity contribution is -0.131.